The molecular weight excluding hydrogens is 406 g/mol. The first-order valence-electron chi connectivity index (χ1n) is 10.7. The van der Waals surface area contributed by atoms with Crippen LogP contribution in [0.2, 0.25) is 0 Å². The van der Waals surface area contributed by atoms with E-state index in [1.165, 1.54) is 10.1 Å². The van der Waals surface area contributed by atoms with Gasteiger partial charge in [-0.1, -0.05) is 42.5 Å². The van der Waals surface area contributed by atoms with Crippen LogP contribution in [-0.4, -0.2) is 30.7 Å². The van der Waals surface area contributed by atoms with Gasteiger partial charge in [-0.15, -0.1) is 0 Å². The molecule has 166 valence electrons. The lowest BCUT2D eigenvalue weighted by molar-refractivity contribution is 0.123. The van der Waals surface area contributed by atoms with Gasteiger partial charge in [-0.05, 0) is 49.4 Å². The molecule has 0 saturated carbocycles. The number of nitrogen functional groups attached to an aromatic ring is 1. The molecule has 2 unspecified atom stereocenters. The molecule has 2 aromatic carbocycles. The molecule has 0 aliphatic carbocycles. The van der Waals surface area contributed by atoms with Crippen molar-refractivity contribution in [2.24, 2.45) is 0 Å². The van der Waals surface area contributed by atoms with Crippen LogP contribution in [0.15, 0.2) is 64.2 Å². The molecule has 0 bridgehead atoms. The van der Waals surface area contributed by atoms with Crippen molar-refractivity contribution in [2.75, 3.05) is 5.73 Å². The third-order valence-electron chi connectivity index (χ3n) is 5.68. The van der Waals surface area contributed by atoms with Crippen LogP contribution in [0.1, 0.15) is 42.8 Å². The summed E-state index contributed by atoms with van der Waals surface area (Å²) in [6, 6.07) is 16.9. The van der Waals surface area contributed by atoms with Crippen LogP contribution in [0.25, 0.3) is 11.2 Å². The summed E-state index contributed by atoms with van der Waals surface area (Å²) in [5.41, 5.74) is 8.03. The van der Waals surface area contributed by atoms with Gasteiger partial charge in [0.1, 0.15) is 5.82 Å². The number of aromatic nitrogens is 4. The molecule has 4 rings (SSSR count). The Hall–Kier alpha value is -3.65. The molecule has 4 aromatic rings. The minimum absolute atomic E-state index is 0.116. The standard InChI is InChI=1S/C24H27N5O3/c1-15(30)19(9-5-8-16-6-3-2-4-7-16)29-22-21(28-24(29)32)23(31)27-20(26-22)14-17-10-12-18(25)13-11-17/h2-4,6-7,10-13,15,19,30H,5,8-9,14,25H2,1H3,(H,28,32)(H,26,27,31). The van der Waals surface area contributed by atoms with Gasteiger partial charge < -0.3 is 15.8 Å². The zero-order valence-electron chi connectivity index (χ0n) is 17.9. The molecule has 0 amide bonds. The van der Waals surface area contributed by atoms with Crippen molar-refractivity contribution in [3.8, 4) is 0 Å². The normalized spacial score (nSPS) is 13.3. The predicted molar refractivity (Wildman–Crippen MR) is 125 cm³/mol. The number of nitrogens with two attached hydrogens (primary N) is 1. The first-order chi connectivity index (χ1) is 15.4. The Balaban J connectivity index is 1.65. The zero-order chi connectivity index (χ0) is 22.7. The zero-order valence-corrected chi connectivity index (χ0v) is 17.9. The SMILES string of the molecule is CC(O)C(CCCc1ccccc1)n1c(=O)[nH]c2c(=O)[nH]c(Cc3ccc(N)cc3)nc21. The maximum Gasteiger partial charge on any atom is 0.328 e. The predicted octanol–water partition coefficient (Wildman–Crippen LogP) is 2.53. The molecular formula is C24H27N5O3. The summed E-state index contributed by atoms with van der Waals surface area (Å²) in [4.78, 5) is 35.3. The second-order valence-electron chi connectivity index (χ2n) is 8.12. The van der Waals surface area contributed by atoms with Crippen LogP contribution in [-0.2, 0) is 12.8 Å². The van der Waals surface area contributed by atoms with Crippen molar-refractivity contribution >= 4 is 16.9 Å². The van der Waals surface area contributed by atoms with E-state index in [9.17, 15) is 14.7 Å². The number of benzene rings is 2. The first kappa shape index (κ1) is 21.6. The van der Waals surface area contributed by atoms with Crippen LogP contribution in [0.4, 0.5) is 5.69 Å². The van der Waals surface area contributed by atoms with E-state index >= 15 is 0 Å². The summed E-state index contributed by atoms with van der Waals surface area (Å²) in [6.45, 7) is 1.65. The second-order valence-corrected chi connectivity index (χ2v) is 8.12. The lowest BCUT2D eigenvalue weighted by Gasteiger charge is -2.21. The number of aromatic amines is 2. The number of aryl methyl sites for hydroxylation is 1. The molecule has 0 spiro atoms. The van der Waals surface area contributed by atoms with E-state index in [-0.39, 0.29) is 11.2 Å². The third kappa shape index (κ3) is 4.65. The monoisotopic (exact) mass is 433 g/mol. The molecule has 32 heavy (non-hydrogen) atoms. The number of fused-ring (bicyclic) bond motifs is 1. The Morgan fingerprint density at radius 3 is 2.44 bits per heavy atom. The van der Waals surface area contributed by atoms with Crippen molar-refractivity contribution in [1.82, 2.24) is 19.5 Å². The fraction of sp³-hybridized carbons (Fsp3) is 0.292. The number of hydrogen-bond acceptors (Lipinski definition) is 5. The minimum Gasteiger partial charge on any atom is -0.399 e. The van der Waals surface area contributed by atoms with Gasteiger partial charge in [0.2, 0.25) is 0 Å². The Labute approximate surface area is 184 Å². The van der Waals surface area contributed by atoms with Gasteiger partial charge in [0.05, 0.1) is 12.1 Å². The van der Waals surface area contributed by atoms with Gasteiger partial charge in [0, 0.05) is 12.1 Å². The van der Waals surface area contributed by atoms with E-state index < -0.39 is 23.4 Å². The quantitative estimate of drug-likeness (QED) is 0.317. The minimum atomic E-state index is -0.788. The maximum absolute atomic E-state index is 12.8. The van der Waals surface area contributed by atoms with Gasteiger partial charge in [-0.2, -0.15) is 0 Å². The summed E-state index contributed by atoms with van der Waals surface area (Å²) >= 11 is 0. The highest BCUT2D eigenvalue weighted by molar-refractivity contribution is 5.69. The van der Waals surface area contributed by atoms with Crippen molar-refractivity contribution in [1.29, 1.82) is 0 Å². The summed E-state index contributed by atoms with van der Waals surface area (Å²) in [7, 11) is 0. The lowest BCUT2D eigenvalue weighted by atomic mass is 10.0. The number of nitrogens with zero attached hydrogens (tertiary/aromatic N) is 2. The molecule has 5 N–H and O–H groups in total. The van der Waals surface area contributed by atoms with Crippen molar-refractivity contribution in [3.05, 3.63) is 92.4 Å². The van der Waals surface area contributed by atoms with E-state index in [1.807, 2.05) is 30.3 Å². The van der Waals surface area contributed by atoms with Crippen LogP contribution in [0.3, 0.4) is 0 Å². The van der Waals surface area contributed by atoms with E-state index in [0.29, 0.717) is 24.4 Å². The van der Waals surface area contributed by atoms with Crippen LogP contribution in [0, 0.1) is 0 Å². The summed E-state index contributed by atoms with van der Waals surface area (Å²) < 4.78 is 1.42. The average molecular weight is 434 g/mol. The van der Waals surface area contributed by atoms with Gasteiger partial charge in [-0.25, -0.2) is 9.78 Å². The third-order valence-corrected chi connectivity index (χ3v) is 5.68. The largest absolute Gasteiger partial charge is 0.399 e. The topological polar surface area (TPSA) is 130 Å². The Bertz CT molecular complexity index is 1300. The van der Waals surface area contributed by atoms with Crippen molar-refractivity contribution < 1.29 is 5.11 Å². The smallest absolute Gasteiger partial charge is 0.328 e. The van der Waals surface area contributed by atoms with Crippen molar-refractivity contribution in [3.63, 3.8) is 0 Å². The van der Waals surface area contributed by atoms with Crippen LogP contribution < -0.4 is 17.0 Å². The van der Waals surface area contributed by atoms with Crippen LogP contribution in [0.5, 0.6) is 0 Å². The van der Waals surface area contributed by atoms with Gasteiger partial charge >= 0.3 is 5.69 Å². The highest BCUT2D eigenvalue weighted by atomic mass is 16.3. The number of imidazole rings is 1. The Morgan fingerprint density at radius 1 is 1.03 bits per heavy atom. The fourth-order valence-corrected chi connectivity index (χ4v) is 4.02. The number of rotatable bonds is 8. The second kappa shape index (κ2) is 9.23. The number of aliphatic hydroxyl groups excluding tert-OH is 1. The maximum atomic E-state index is 12.8. The molecule has 0 aliphatic rings. The molecule has 8 nitrogen and oxygen atoms in total. The van der Waals surface area contributed by atoms with Gasteiger partial charge in [-0.3, -0.25) is 14.3 Å². The molecule has 2 heterocycles. The molecule has 2 aromatic heterocycles. The summed E-state index contributed by atoms with van der Waals surface area (Å²) in [5, 5.41) is 10.5. The molecule has 0 saturated heterocycles. The molecule has 0 radical (unpaired) electrons. The first-order valence-corrected chi connectivity index (χ1v) is 10.7. The van der Waals surface area contributed by atoms with Crippen molar-refractivity contribution in [2.45, 2.75) is 44.8 Å². The highest BCUT2D eigenvalue weighted by Gasteiger charge is 2.24. The number of H-pyrrole nitrogens is 2. The number of anilines is 1. The van der Waals surface area contributed by atoms with E-state index in [1.54, 1.807) is 19.1 Å². The summed E-state index contributed by atoms with van der Waals surface area (Å²) in [6.07, 6.45) is 1.78. The summed E-state index contributed by atoms with van der Waals surface area (Å²) in [5.74, 6) is 0.439. The Morgan fingerprint density at radius 2 is 1.75 bits per heavy atom. The highest BCUT2D eigenvalue weighted by Crippen LogP contribution is 2.22. The van der Waals surface area contributed by atoms with Gasteiger partial charge in [0.25, 0.3) is 5.56 Å². The molecule has 2 atom stereocenters. The van der Waals surface area contributed by atoms with Crippen LogP contribution >= 0.6 is 0 Å². The average Bonchev–Trinajstić information content (AvgIpc) is 3.10. The van der Waals surface area contributed by atoms with E-state index in [4.69, 9.17) is 5.73 Å². The van der Waals surface area contributed by atoms with Gasteiger partial charge in [0.15, 0.2) is 11.2 Å². The van der Waals surface area contributed by atoms with E-state index in [0.717, 1.165) is 18.4 Å². The number of hydrogen-bond donors (Lipinski definition) is 4. The molecule has 0 fully saturated rings. The fourth-order valence-electron chi connectivity index (χ4n) is 4.02. The van der Waals surface area contributed by atoms with E-state index in [2.05, 4.69) is 27.1 Å². The Kier molecular flexibility index (Phi) is 6.23. The lowest BCUT2D eigenvalue weighted by Crippen LogP contribution is -2.30. The number of nitrogens with one attached hydrogen (secondary N) is 2. The molecule has 8 heteroatoms. The number of aliphatic hydroxyl groups is 1. The molecule has 0 aliphatic heterocycles.